The Bertz CT molecular complexity index is 539. The molecule has 114 valence electrons. The fourth-order valence-corrected chi connectivity index (χ4v) is 2.82. The minimum atomic E-state index is -0.456. The number of rotatable bonds is 4. The van der Waals surface area contributed by atoms with E-state index < -0.39 is 4.92 Å². The third-order valence-electron chi connectivity index (χ3n) is 3.83. The van der Waals surface area contributed by atoms with Gasteiger partial charge >= 0.3 is 0 Å². The van der Waals surface area contributed by atoms with Crippen molar-refractivity contribution in [2.75, 3.05) is 19.6 Å². The molecule has 1 saturated heterocycles. The summed E-state index contributed by atoms with van der Waals surface area (Å²) in [6.45, 7) is 6.08. The highest BCUT2D eigenvalue weighted by molar-refractivity contribution is 5.95. The Labute approximate surface area is 124 Å². The smallest absolute Gasteiger partial charge is 0.270 e. The summed E-state index contributed by atoms with van der Waals surface area (Å²) in [5.74, 6) is -0.127. The molecule has 1 aromatic carbocycles. The lowest BCUT2D eigenvalue weighted by Crippen LogP contribution is -2.48. The SMILES string of the molecule is CCN(C(=O)c1cc(C)cc([N+](=O)[O-])c1)C1CCCNC1. The number of benzene rings is 1. The van der Waals surface area contributed by atoms with E-state index in [0.717, 1.165) is 31.5 Å². The number of nitrogens with one attached hydrogen (secondary N) is 1. The predicted octanol–water partition coefficient (Wildman–Crippen LogP) is 2.12. The molecule has 1 aliphatic rings. The van der Waals surface area contributed by atoms with Gasteiger partial charge in [0.25, 0.3) is 11.6 Å². The summed E-state index contributed by atoms with van der Waals surface area (Å²) in [4.78, 5) is 25.0. The number of hydrogen-bond donors (Lipinski definition) is 1. The summed E-state index contributed by atoms with van der Waals surface area (Å²) >= 11 is 0. The second-order valence-corrected chi connectivity index (χ2v) is 5.41. The molecule has 6 heteroatoms. The fourth-order valence-electron chi connectivity index (χ4n) is 2.82. The normalized spacial score (nSPS) is 18.3. The third-order valence-corrected chi connectivity index (χ3v) is 3.83. The van der Waals surface area contributed by atoms with Crippen LogP contribution in [0.4, 0.5) is 5.69 Å². The number of aryl methyl sites for hydroxylation is 1. The van der Waals surface area contributed by atoms with E-state index in [1.807, 2.05) is 11.8 Å². The Balaban J connectivity index is 2.26. The summed E-state index contributed by atoms with van der Waals surface area (Å²) in [5.41, 5.74) is 1.09. The summed E-state index contributed by atoms with van der Waals surface area (Å²) in [7, 11) is 0. The maximum Gasteiger partial charge on any atom is 0.270 e. The molecule has 1 N–H and O–H groups in total. The van der Waals surface area contributed by atoms with Gasteiger partial charge in [-0.25, -0.2) is 0 Å². The minimum Gasteiger partial charge on any atom is -0.335 e. The number of nitrogens with zero attached hydrogens (tertiary/aromatic N) is 2. The maximum absolute atomic E-state index is 12.7. The van der Waals surface area contributed by atoms with Crippen LogP contribution in [-0.2, 0) is 0 Å². The molecule has 21 heavy (non-hydrogen) atoms. The van der Waals surface area contributed by atoms with Crippen LogP contribution in [0.3, 0.4) is 0 Å². The molecular weight excluding hydrogens is 270 g/mol. The standard InChI is InChI=1S/C15H21N3O3/c1-3-17(13-5-4-6-16-10-13)15(19)12-7-11(2)8-14(9-12)18(20)21/h7-9,13,16H,3-6,10H2,1-2H3. The zero-order chi connectivity index (χ0) is 15.4. The Kier molecular flexibility index (Phi) is 4.90. The van der Waals surface area contributed by atoms with E-state index in [1.165, 1.54) is 12.1 Å². The molecule has 1 atom stereocenters. The van der Waals surface area contributed by atoms with Gasteiger partial charge in [-0.1, -0.05) is 0 Å². The van der Waals surface area contributed by atoms with Gasteiger partial charge in [0, 0.05) is 36.8 Å². The van der Waals surface area contributed by atoms with Crippen LogP contribution in [0.1, 0.15) is 35.7 Å². The van der Waals surface area contributed by atoms with E-state index in [-0.39, 0.29) is 17.6 Å². The molecule has 1 unspecified atom stereocenters. The number of amides is 1. The number of piperidine rings is 1. The van der Waals surface area contributed by atoms with Crippen molar-refractivity contribution in [1.29, 1.82) is 0 Å². The molecule has 6 nitrogen and oxygen atoms in total. The minimum absolute atomic E-state index is 0.0313. The number of likely N-dealkylation sites (N-methyl/N-ethyl adjacent to an activating group) is 1. The van der Waals surface area contributed by atoms with Gasteiger partial charge < -0.3 is 10.2 Å². The quantitative estimate of drug-likeness (QED) is 0.681. The van der Waals surface area contributed by atoms with Crippen molar-refractivity contribution >= 4 is 11.6 Å². The first-order valence-electron chi connectivity index (χ1n) is 7.30. The second kappa shape index (κ2) is 6.67. The molecule has 1 heterocycles. The maximum atomic E-state index is 12.7. The lowest BCUT2D eigenvalue weighted by atomic mass is 10.0. The van der Waals surface area contributed by atoms with Gasteiger partial charge in [0.05, 0.1) is 4.92 Å². The monoisotopic (exact) mass is 291 g/mol. The summed E-state index contributed by atoms with van der Waals surface area (Å²) in [6, 6.07) is 4.73. The van der Waals surface area contributed by atoms with Crippen LogP contribution < -0.4 is 5.32 Å². The second-order valence-electron chi connectivity index (χ2n) is 5.41. The van der Waals surface area contributed by atoms with Gasteiger partial charge in [-0.05, 0) is 44.9 Å². The van der Waals surface area contributed by atoms with Gasteiger partial charge in [0.15, 0.2) is 0 Å². The molecule has 1 aliphatic heterocycles. The average molecular weight is 291 g/mol. The molecule has 0 aromatic heterocycles. The lowest BCUT2D eigenvalue weighted by molar-refractivity contribution is -0.384. The molecular formula is C15H21N3O3. The predicted molar refractivity (Wildman–Crippen MR) is 80.4 cm³/mol. The number of carbonyl (C=O) groups excluding carboxylic acids is 1. The molecule has 1 fully saturated rings. The number of non-ortho nitro benzene ring substituents is 1. The Morgan fingerprint density at radius 2 is 2.24 bits per heavy atom. The van der Waals surface area contributed by atoms with Crippen molar-refractivity contribution in [2.45, 2.75) is 32.7 Å². The molecule has 0 bridgehead atoms. The zero-order valence-corrected chi connectivity index (χ0v) is 12.5. The van der Waals surface area contributed by atoms with Crippen molar-refractivity contribution < 1.29 is 9.72 Å². The highest BCUT2D eigenvalue weighted by Crippen LogP contribution is 2.20. The summed E-state index contributed by atoms with van der Waals surface area (Å²) in [5, 5.41) is 14.2. The van der Waals surface area contributed by atoms with Crippen LogP contribution in [0.15, 0.2) is 18.2 Å². The van der Waals surface area contributed by atoms with Crippen LogP contribution in [0, 0.1) is 17.0 Å². The topological polar surface area (TPSA) is 75.5 Å². The van der Waals surface area contributed by atoms with E-state index in [1.54, 1.807) is 13.0 Å². The lowest BCUT2D eigenvalue weighted by Gasteiger charge is -2.34. The number of hydrogen-bond acceptors (Lipinski definition) is 4. The fraction of sp³-hybridized carbons (Fsp3) is 0.533. The van der Waals surface area contributed by atoms with Crippen LogP contribution in [0.25, 0.3) is 0 Å². The van der Waals surface area contributed by atoms with E-state index in [0.29, 0.717) is 12.1 Å². The van der Waals surface area contributed by atoms with Gasteiger partial charge in [-0.15, -0.1) is 0 Å². The first kappa shape index (κ1) is 15.4. The third kappa shape index (κ3) is 3.58. The largest absolute Gasteiger partial charge is 0.335 e. The van der Waals surface area contributed by atoms with Crippen molar-refractivity contribution in [3.63, 3.8) is 0 Å². The number of nitro benzene ring substituents is 1. The Morgan fingerprint density at radius 1 is 1.48 bits per heavy atom. The first-order valence-corrected chi connectivity index (χ1v) is 7.30. The van der Waals surface area contributed by atoms with Crippen molar-refractivity contribution in [3.05, 3.63) is 39.4 Å². The van der Waals surface area contributed by atoms with Crippen LogP contribution in [-0.4, -0.2) is 41.4 Å². The van der Waals surface area contributed by atoms with Gasteiger partial charge in [-0.3, -0.25) is 14.9 Å². The van der Waals surface area contributed by atoms with Gasteiger partial charge in [-0.2, -0.15) is 0 Å². The van der Waals surface area contributed by atoms with E-state index in [2.05, 4.69) is 5.32 Å². The van der Waals surface area contributed by atoms with Crippen molar-refractivity contribution in [3.8, 4) is 0 Å². The van der Waals surface area contributed by atoms with Crippen molar-refractivity contribution in [1.82, 2.24) is 10.2 Å². The van der Waals surface area contributed by atoms with E-state index in [9.17, 15) is 14.9 Å². The van der Waals surface area contributed by atoms with E-state index in [4.69, 9.17) is 0 Å². The zero-order valence-electron chi connectivity index (χ0n) is 12.5. The molecule has 0 radical (unpaired) electrons. The van der Waals surface area contributed by atoms with E-state index >= 15 is 0 Å². The highest BCUT2D eigenvalue weighted by atomic mass is 16.6. The molecule has 0 saturated carbocycles. The number of carbonyl (C=O) groups is 1. The molecule has 1 amide bonds. The van der Waals surface area contributed by atoms with Crippen LogP contribution in [0.2, 0.25) is 0 Å². The van der Waals surface area contributed by atoms with Crippen LogP contribution >= 0.6 is 0 Å². The average Bonchev–Trinajstić information content (AvgIpc) is 2.48. The summed E-state index contributed by atoms with van der Waals surface area (Å²) < 4.78 is 0. The molecule has 0 aliphatic carbocycles. The Morgan fingerprint density at radius 3 is 2.81 bits per heavy atom. The van der Waals surface area contributed by atoms with Gasteiger partial charge in [0.2, 0.25) is 0 Å². The van der Waals surface area contributed by atoms with Crippen molar-refractivity contribution in [2.24, 2.45) is 0 Å². The number of nitro groups is 1. The first-order chi connectivity index (χ1) is 10.0. The molecule has 2 rings (SSSR count). The summed E-state index contributed by atoms with van der Waals surface area (Å²) in [6.07, 6.45) is 2.02. The van der Waals surface area contributed by atoms with Gasteiger partial charge in [0.1, 0.15) is 0 Å². The highest BCUT2D eigenvalue weighted by Gasteiger charge is 2.26. The molecule has 0 spiro atoms. The molecule has 1 aromatic rings. The Hall–Kier alpha value is -1.95. The van der Waals surface area contributed by atoms with Crippen LogP contribution in [0.5, 0.6) is 0 Å².